The largest absolute Gasteiger partial charge is 0.494 e. The molecule has 0 N–H and O–H groups in total. The predicted octanol–water partition coefficient (Wildman–Crippen LogP) is 4.59. The Balaban J connectivity index is 0.000000236. The standard InChI is InChI=1S/C7H12.C4H6O2.C4H8/c1-2-4-6-7-5-3-1;1-2-6-4-3-5-1;1-3-4-2/h1-2H,3-7H2;1-2H,3-4H2;3-4H,1-2H3/b;;4-3-. The van der Waals surface area contributed by atoms with Gasteiger partial charge in [0.2, 0.25) is 0 Å². The number of hydrogen-bond donors (Lipinski definition) is 0. The van der Waals surface area contributed by atoms with Crippen LogP contribution in [0.5, 0.6) is 0 Å². The number of hydrogen-bond acceptors (Lipinski definition) is 2. The summed E-state index contributed by atoms with van der Waals surface area (Å²) in [5.74, 6) is 0. The van der Waals surface area contributed by atoms with Crippen LogP contribution in [0, 0.1) is 0 Å². The van der Waals surface area contributed by atoms with E-state index in [0.717, 1.165) is 0 Å². The lowest BCUT2D eigenvalue weighted by atomic mass is 10.2. The topological polar surface area (TPSA) is 18.5 Å². The van der Waals surface area contributed by atoms with Gasteiger partial charge in [0.25, 0.3) is 0 Å². The van der Waals surface area contributed by atoms with E-state index >= 15 is 0 Å². The molecule has 0 aromatic heterocycles. The van der Waals surface area contributed by atoms with E-state index in [1.807, 2.05) is 26.0 Å². The average Bonchev–Trinajstić information content (AvgIpc) is 2.74. The normalized spacial score (nSPS) is 17.8. The molecule has 0 atom stereocenters. The van der Waals surface area contributed by atoms with E-state index in [0.29, 0.717) is 13.2 Å². The van der Waals surface area contributed by atoms with Crippen molar-refractivity contribution in [3.05, 3.63) is 36.8 Å². The summed E-state index contributed by atoms with van der Waals surface area (Å²) >= 11 is 0. The molecule has 0 aromatic carbocycles. The van der Waals surface area contributed by atoms with Crippen molar-refractivity contribution in [2.45, 2.75) is 46.0 Å². The van der Waals surface area contributed by atoms with Crippen molar-refractivity contribution >= 4 is 0 Å². The Bertz CT molecular complexity index is 197. The lowest BCUT2D eigenvalue weighted by Gasteiger charge is -2.04. The summed E-state index contributed by atoms with van der Waals surface area (Å²) in [6.45, 7) is 5.38. The first-order valence-corrected chi connectivity index (χ1v) is 6.52. The van der Waals surface area contributed by atoms with Gasteiger partial charge in [-0.15, -0.1) is 0 Å². The van der Waals surface area contributed by atoms with E-state index in [9.17, 15) is 0 Å². The van der Waals surface area contributed by atoms with Gasteiger partial charge in [-0.05, 0) is 39.5 Å². The van der Waals surface area contributed by atoms with Crippen molar-refractivity contribution in [2.75, 3.05) is 13.2 Å². The van der Waals surface area contributed by atoms with Gasteiger partial charge in [-0.25, -0.2) is 0 Å². The molecule has 0 spiro atoms. The summed E-state index contributed by atoms with van der Waals surface area (Å²) in [6.07, 6.45) is 18.6. The first-order valence-electron chi connectivity index (χ1n) is 6.52. The molecule has 1 heterocycles. The SMILES string of the molecule is C/C=C\C.C1=CCCCCC1.C1=COCCO1. The predicted molar refractivity (Wildman–Crippen MR) is 73.8 cm³/mol. The van der Waals surface area contributed by atoms with E-state index in [1.54, 1.807) is 12.5 Å². The number of ether oxygens (including phenoxy) is 2. The van der Waals surface area contributed by atoms with Gasteiger partial charge in [-0.1, -0.05) is 30.7 Å². The summed E-state index contributed by atoms with van der Waals surface area (Å²) in [4.78, 5) is 0. The summed E-state index contributed by atoms with van der Waals surface area (Å²) < 4.78 is 9.53. The van der Waals surface area contributed by atoms with Gasteiger partial charge < -0.3 is 9.47 Å². The van der Waals surface area contributed by atoms with Crippen molar-refractivity contribution in [2.24, 2.45) is 0 Å². The van der Waals surface area contributed by atoms with Gasteiger partial charge in [0, 0.05) is 0 Å². The lowest BCUT2D eigenvalue weighted by Crippen LogP contribution is -2.00. The molecule has 2 nitrogen and oxygen atoms in total. The lowest BCUT2D eigenvalue weighted by molar-refractivity contribution is 0.108. The van der Waals surface area contributed by atoms with Crippen LogP contribution in [0.15, 0.2) is 36.8 Å². The number of rotatable bonds is 0. The molecule has 0 saturated carbocycles. The maximum Gasteiger partial charge on any atom is 0.121 e. The molecule has 2 heteroatoms. The van der Waals surface area contributed by atoms with E-state index in [4.69, 9.17) is 9.47 Å². The van der Waals surface area contributed by atoms with Crippen LogP contribution in [-0.4, -0.2) is 13.2 Å². The van der Waals surface area contributed by atoms with Crippen LogP contribution < -0.4 is 0 Å². The molecule has 0 saturated heterocycles. The molecule has 17 heavy (non-hydrogen) atoms. The maximum atomic E-state index is 4.76. The van der Waals surface area contributed by atoms with E-state index < -0.39 is 0 Å². The zero-order valence-electron chi connectivity index (χ0n) is 11.2. The van der Waals surface area contributed by atoms with Crippen molar-refractivity contribution < 1.29 is 9.47 Å². The Kier molecular flexibility index (Phi) is 13.8. The summed E-state index contributed by atoms with van der Waals surface area (Å²) in [5.41, 5.74) is 0. The first-order chi connectivity index (χ1) is 8.41. The molecule has 1 aliphatic heterocycles. The minimum Gasteiger partial charge on any atom is -0.494 e. The molecule has 0 fully saturated rings. The van der Waals surface area contributed by atoms with Crippen LogP contribution >= 0.6 is 0 Å². The second-order valence-corrected chi connectivity index (χ2v) is 3.79. The molecular weight excluding hydrogens is 212 g/mol. The fraction of sp³-hybridized carbons (Fsp3) is 0.600. The Hall–Kier alpha value is -1.18. The van der Waals surface area contributed by atoms with Gasteiger partial charge in [-0.2, -0.15) is 0 Å². The van der Waals surface area contributed by atoms with Crippen LogP contribution in [0.4, 0.5) is 0 Å². The first kappa shape index (κ1) is 15.8. The molecule has 98 valence electrons. The average molecular weight is 238 g/mol. The third-order valence-corrected chi connectivity index (χ3v) is 2.31. The van der Waals surface area contributed by atoms with Crippen molar-refractivity contribution in [1.82, 2.24) is 0 Å². The Morgan fingerprint density at radius 3 is 1.53 bits per heavy atom. The molecule has 0 radical (unpaired) electrons. The van der Waals surface area contributed by atoms with Crippen molar-refractivity contribution in [1.29, 1.82) is 0 Å². The van der Waals surface area contributed by atoms with Gasteiger partial charge in [0.15, 0.2) is 0 Å². The van der Waals surface area contributed by atoms with Crippen LogP contribution in [0.3, 0.4) is 0 Å². The molecule has 0 aromatic rings. The molecule has 2 rings (SSSR count). The minimum absolute atomic E-state index is 0.691. The fourth-order valence-corrected chi connectivity index (χ4v) is 1.25. The van der Waals surface area contributed by atoms with E-state index in [-0.39, 0.29) is 0 Å². The van der Waals surface area contributed by atoms with Crippen LogP contribution in [0.1, 0.15) is 46.0 Å². The Morgan fingerprint density at radius 2 is 1.24 bits per heavy atom. The fourth-order valence-electron chi connectivity index (χ4n) is 1.25. The molecule has 2 aliphatic rings. The minimum atomic E-state index is 0.691. The second kappa shape index (κ2) is 14.8. The highest BCUT2D eigenvalue weighted by molar-refractivity contribution is 4.83. The van der Waals surface area contributed by atoms with Gasteiger partial charge >= 0.3 is 0 Å². The highest BCUT2D eigenvalue weighted by Crippen LogP contribution is 2.08. The smallest absolute Gasteiger partial charge is 0.121 e. The third kappa shape index (κ3) is 14.8. The van der Waals surface area contributed by atoms with Crippen LogP contribution in [0.2, 0.25) is 0 Å². The molecule has 0 bridgehead atoms. The zero-order chi connectivity index (χ0) is 12.6. The Labute approximate surface area is 106 Å². The maximum absolute atomic E-state index is 4.76. The molecule has 1 aliphatic carbocycles. The second-order valence-electron chi connectivity index (χ2n) is 3.79. The van der Waals surface area contributed by atoms with Crippen molar-refractivity contribution in [3.63, 3.8) is 0 Å². The van der Waals surface area contributed by atoms with Gasteiger partial charge in [0.1, 0.15) is 25.7 Å². The quantitative estimate of drug-likeness (QED) is 0.574. The van der Waals surface area contributed by atoms with Crippen LogP contribution in [-0.2, 0) is 9.47 Å². The van der Waals surface area contributed by atoms with Gasteiger partial charge in [-0.3, -0.25) is 0 Å². The molecule has 0 unspecified atom stereocenters. The third-order valence-electron chi connectivity index (χ3n) is 2.31. The van der Waals surface area contributed by atoms with E-state index in [2.05, 4.69) is 12.2 Å². The monoisotopic (exact) mass is 238 g/mol. The summed E-state index contributed by atoms with van der Waals surface area (Å²) in [7, 11) is 0. The van der Waals surface area contributed by atoms with E-state index in [1.165, 1.54) is 32.1 Å². The van der Waals surface area contributed by atoms with Crippen molar-refractivity contribution in [3.8, 4) is 0 Å². The number of allylic oxidation sites excluding steroid dienone is 4. The molecular formula is C15H26O2. The Morgan fingerprint density at radius 1 is 0.765 bits per heavy atom. The highest BCUT2D eigenvalue weighted by atomic mass is 16.5. The van der Waals surface area contributed by atoms with Gasteiger partial charge in [0.05, 0.1) is 0 Å². The van der Waals surface area contributed by atoms with Crippen LogP contribution in [0.25, 0.3) is 0 Å². The summed E-state index contributed by atoms with van der Waals surface area (Å²) in [6, 6.07) is 0. The zero-order valence-corrected chi connectivity index (χ0v) is 11.2. The summed E-state index contributed by atoms with van der Waals surface area (Å²) in [5, 5.41) is 0. The highest BCUT2D eigenvalue weighted by Gasteiger charge is 1.88. The molecule has 0 amide bonds.